The number of fused-ring (bicyclic) bond motifs is 1. The Bertz CT molecular complexity index is 886. The minimum absolute atomic E-state index is 0.150. The third-order valence-electron chi connectivity index (χ3n) is 3.82. The molecule has 0 N–H and O–H groups in total. The number of ether oxygens (including phenoxy) is 1. The second kappa shape index (κ2) is 5.94. The van der Waals surface area contributed by atoms with Crippen molar-refractivity contribution in [1.29, 1.82) is 0 Å². The van der Waals surface area contributed by atoms with Crippen molar-refractivity contribution in [1.82, 2.24) is 9.78 Å². The minimum atomic E-state index is -3.37. The van der Waals surface area contributed by atoms with Crippen LogP contribution in [-0.2, 0) is 9.84 Å². The van der Waals surface area contributed by atoms with Gasteiger partial charge >= 0.3 is 0 Å². The maximum Gasteiger partial charge on any atom is 0.278 e. The number of carbonyl (C=O) groups is 1. The molecular formula is C16H19N3O4S. The first kappa shape index (κ1) is 16.5. The van der Waals surface area contributed by atoms with Crippen molar-refractivity contribution in [3.63, 3.8) is 0 Å². The molecule has 2 heterocycles. The summed E-state index contributed by atoms with van der Waals surface area (Å²) in [4.78, 5) is 14.5. The number of benzene rings is 1. The first-order valence-electron chi connectivity index (χ1n) is 7.61. The van der Waals surface area contributed by atoms with Crippen molar-refractivity contribution in [3.05, 3.63) is 36.2 Å². The van der Waals surface area contributed by atoms with E-state index in [1.165, 1.54) is 17.0 Å². The summed E-state index contributed by atoms with van der Waals surface area (Å²) >= 11 is 0. The molecule has 1 aliphatic rings. The van der Waals surface area contributed by atoms with Crippen LogP contribution in [0.4, 0.5) is 5.69 Å². The molecule has 8 heteroatoms. The molecule has 1 aromatic heterocycles. The maximum atomic E-state index is 12.8. The summed E-state index contributed by atoms with van der Waals surface area (Å²) in [5.41, 5.74) is 0.773. The van der Waals surface area contributed by atoms with Crippen molar-refractivity contribution in [2.24, 2.45) is 0 Å². The number of nitrogens with zero attached hydrogens (tertiary/aromatic N) is 3. The molecule has 1 aromatic carbocycles. The summed E-state index contributed by atoms with van der Waals surface area (Å²) in [6.45, 7) is 4.64. The Balaban J connectivity index is 2.00. The van der Waals surface area contributed by atoms with Crippen LogP contribution in [0.15, 0.2) is 35.4 Å². The lowest BCUT2D eigenvalue weighted by atomic mass is 10.2. The highest BCUT2D eigenvalue weighted by molar-refractivity contribution is 7.90. The number of amides is 1. The highest BCUT2D eigenvalue weighted by Gasteiger charge is 2.27. The largest absolute Gasteiger partial charge is 0.490 e. The van der Waals surface area contributed by atoms with Crippen LogP contribution in [0.1, 0.15) is 30.4 Å². The molecule has 0 saturated carbocycles. The van der Waals surface area contributed by atoms with E-state index in [-0.39, 0.29) is 16.8 Å². The molecule has 0 atom stereocenters. The fourth-order valence-corrected chi connectivity index (χ4v) is 3.16. The molecule has 1 aliphatic heterocycles. The molecular weight excluding hydrogens is 330 g/mol. The van der Waals surface area contributed by atoms with E-state index in [1.807, 2.05) is 13.8 Å². The van der Waals surface area contributed by atoms with E-state index < -0.39 is 9.84 Å². The summed E-state index contributed by atoms with van der Waals surface area (Å²) in [6, 6.07) is 6.35. The molecule has 7 nitrogen and oxygen atoms in total. The Labute approximate surface area is 140 Å². The highest BCUT2D eigenvalue weighted by Crippen LogP contribution is 2.34. The SMILES string of the molecule is CC(C)n1ccc(C(=O)N2CCOc3ccc(S(C)(=O)=O)cc32)n1. The van der Waals surface area contributed by atoms with E-state index in [2.05, 4.69) is 5.10 Å². The van der Waals surface area contributed by atoms with E-state index in [9.17, 15) is 13.2 Å². The molecule has 128 valence electrons. The van der Waals surface area contributed by atoms with Crippen LogP contribution in [0.25, 0.3) is 0 Å². The molecule has 0 saturated heterocycles. The minimum Gasteiger partial charge on any atom is -0.490 e. The monoisotopic (exact) mass is 349 g/mol. The topological polar surface area (TPSA) is 81.5 Å². The van der Waals surface area contributed by atoms with E-state index >= 15 is 0 Å². The van der Waals surface area contributed by atoms with E-state index in [0.717, 1.165) is 6.26 Å². The van der Waals surface area contributed by atoms with Crippen LogP contribution >= 0.6 is 0 Å². The summed E-state index contributed by atoms with van der Waals surface area (Å²) in [7, 11) is -3.37. The van der Waals surface area contributed by atoms with Gasteiger partial charge in [-0.1, -0.05) is 0 Å². The number of rotatable bonds is 3. The molecule has 24 heavy (non-hydrogen) atoms. The van der Waals surface area contributed by atoms with Crippen LogP contribution in [0.5, 0.6) is 5.75 Å². The Morgan fingerprint density at radius 3 is 2.67 bits per heavy atom. The lowest BCUT2D eigenvalue weighted by Gasteiger charge is -2.29. The molecule has 2 aromatic rings. The van der Waals surface area contributed by atoms with Gasteiger partial charge in [-0.3, -0.25) is 9.48 Å². The molecule has 0 radical (unpaired) electrons. The predicted octanol–water partition coefficient (Wildman–Crippen LogP) is 1.91. The zero-order valence-electron chi connectivity index (χ0n) is 13.8. The third-order valence-corrected chi connectivity index (χ3v) is 4.93. The standard InChI is InChI=1S/C16H19N3O4S/c1-11(2)19-7-6-13(17-19)16(20)18-8-9-23-15-5-4-12(10-14(15)18)24(3,21)22/h4-7,10-11H,8-9H2,1-3H3. The molecule has 1 amide bonds. The van der Waals surface area contributed by atoms with Crippen molar-refractivity contribution >= 4 is 21.4 Å². The van der Waals surface area contributed by atoms with Crippen LogP contribution < -0.4 is 9.64 Å². The van der Waals surface area contributed by atoms with Crippen LogP contribution in [0, 0.1) is 0 Å². The maximum absolute atomic E-state index is 12.8. The van der Waals surface area contributed by atoms with Crippen molar-refractivity contribution in [2.45, 2.75) is 24.8 Å². The predicted molar refractivity (Wildman–Crippen MR) is 89.3 cm³/mol. The van der Waals surface area contributed by atoms with E-state index in [4.69, 9.17) is 4.74 Å². The van der Waals surface area contributed by atoms with Gasteiger partial charge in [-0.2, -0.15) is 5.10 Å². The van der Waals surface area contributed by atoms with Crippen LogP contribution in [0.2, 0.25) is 0 Å². The number of hydrogen-bond acceptors (Lipinski definition) is 5. The quantitative estimate of drug-likeness (QED) is 0.845. The summed E-state index contributed by atoms with van der Waals surface area (Å²) < 4.78 is 30.8. The van der Waals surface area contributed by atoms with Gasteiger partial charge in [0.1, 0.15) is 12.4 Å². The Hall–Kier alpha value is -2.35. The molecule has 0 bridgehead atoms. The van der Waals surface area contributed by atoms with Gasteiger partial charge in [0.15, 0.2) is 15.5 Å². The van der Waals surface area contributed by atoms with Crippen molar-refractivity contribution in [2.75, 3.05) is 24.3 Å². The second-order valence-electron chi connectivity index (χ2n) is 5.98. The first-order chi connectivity index (χ1) is 11.3. The summed E-state index contributed by atoms with van der Waals surface area (Å²) in [5, 5.41) is 4.30. The molecule has 0 aliphatic carbocycles. The third kappa shape index (κ3) is 3.01. The Kier molecular flexibility index (Phi) is 4.08. The van der Waals surface area contributed by atoms with Crippen LogP contribution in [-0.4, -0.2) is 43.5 Å². The molecule has 0 spiro atoms. The van der Waals surface area contributed by atoms with Gasteiger partial charge in [-0.15, -0.1) is 0 Å². The normalized spacial score (nSPS) is 14.4. The van der Waals surface area contributed by atoms with Gasteiger partial charge in [-0.05, 0) is 38.1 Å². The van der Waals surface area contributed by atoms with Crippen molar-refractivity contribution in [3.8, 4) is 5.75 Å². The number of anilines is 1. The van der Waals surface area contributed by atoms with Gasteiger partial charge in [0.05, 0.1) is 17.1 Å². The zero-order chi connectivity index (χ0) is 17.5. The first-order valence-corrected chi connectivity index (χ1v) is 9.50. The number of aromatic nitrogens is 2. The van der Waals surface area contributed by atoms with Gasteiger partial charge in [0.2, 0.25) is 0 Å². The fourth-order valence-electron chi connectivity index (χ4n) is 2.52. The molecule has 0 unspecified atom stereocenters. The van der Waals surface area contributed by atoms with Gasteiger partial charge in [-0.25, -0.2) is 8.42 Å². The average Bonchev–Trinajstić information content (AvgIpc) is 3.02. The smallest absolute Gasteiger partial charge is 0.278 e. The fraction of sp³-hybridized carbons (Fsp3) is 0.375. The lowest BCUT2D eigenvalue weighted by Crippen LogP contribution is -2.38. The lowest BCUT2D eigenvalue weighted by molar-refractivity contribution is 0.0970. The molecule has 0 fully saturated rings. The average molecular weight is 349 g/mol. The Morgan fingerprint density at radius 1 is 1.29 bits per heavy atom. The molecule has 3 rings (SSSR count). The number of carbonyl (C=O) groups excluding carboxylic acids is 1. The van der Waals surface area contributed by atoms with Gasteiger partial charge in [0, 0.05) is 18.5 Å². The highest BCUT2D eigenvalue weighted by atomic mass is 32.2. The van der Waals surface area contributed by atoms with E-state index in [0.29, 0.717) is 30.3 Å². The van der Waals surface area contributed by atoms with Gasteiger partial charge < -0.3 is 9.64 Å². The van der Waals surface area contributed by atoms with Gasteiger partial charge in [0.25, 0.3) is 5.91 Å². The number of hydrogen-bond donors (Lipinski definition) is 0. The van der Waals surface area contributed by atoms with E-state index in [1.54, 1.807) is 23.0 Å². The summed E-state index contributed by atoms with van der Waals surface area (Å²) in [6.07, 6.45) is 2.89. The van der Waals surface area contributed by atoms with Crippen LogP contribution in [0.3, 0.4) is 0 Å². The van der Waals surface area contributed by atoms with Crippen molar-refractivity contribution < 1.29 is 17.9 Å². The zero-order valence-corrected chi connectivity index (χ0v) is 14.6. The Morgan fingerprint density at radius 2 is 2.04 bits per heavy atom. The number of sulfone groups is 1. The second-order valence-corrected chi connectivity index (χ2v) is 8.00. The summed E-state index contributed by atoms with van der Waals surface area (Å²) in [5.74, 6) is 0.217.